The van der Waals surface area contributed by atoms with Crippen molar-refractivity contribution in [2.24, 2.45) is 0 Å². The van der Waals surface area contributed by atoms with Crippen LogP contribution in [0, 0.1) is 0 Å². The Balaban J connectivity index is 3.36. The number of hydrogen-bond donors (Lipinski definition) is 3. The van der Waals surface area contributed by atoms with Gasteiger partial charge in [0, 0.05) is 12.8 Å². The number of hydrogen-bond acceptors (Lipinski definition) is 5. The zero-order valence-electron chi connectivity index (χ0n) is 62.1. The Hall–Kier alpha value is -1.66. The number of aliphatic hydroxyl groups excluding tert-OH is 2. The molecule has 0 rings (SSSR count). The summed E-state index contributed by atoms with van der Waals surface area (Å²) < 4.78 is 5.51. The zero-order valence-corrected chi connectivity index (χ0v) is 62.1. The molecule has 0 aromatic carbocycles. The Morgan fingerprint density at radius 3 is 0.835 bits per heavy atom. The molecule has 0 aromatic heterocycles. The van der Waals surface area contributed by atoms with Crippen molar-refractivity contribution in [3.63, 3.8) is 0 Å². The summed E-state index contributed by atoms with van der Waals surface area (Å²) in [4.78, 5) is 24.7. The maximum absolute atomic E-state index is 12.6. The van der Waals surface area contributed by atoms with Gasteiger partial charge in [0.15, 0.2) is 0 Å². The first-order valence-corrected chi connectivity index (χ1v) is 42.1. The number of carbonyl (C=O) groups is 2. The minimum atomic E-state index is -0.664. The van der Waals surface area contributed by atoms with Crippen LogP contribution in [0.3, 0.4) is 0 Å². The molecule has 0 spiro atoms. The highest BCUT2D eigenvalue weighted by atomic mass is 16.5. The molecule has 91 heavy (non-hydrogen) atoms. The minimum absolute atomic E-state index is 0.0220. The summed E-state index contributed by atoms with van der Waals surface area (Å²) >= 11 is 0. The smallest absolute Gasteiger partial charge is 0.305 e. The van der Waals surface area contributed by atoms with Crippen molar-refractivity contribution in [2.45, 2.75) is 495 Å². The van der Waals surface area contributed by atoms with Crippen LogP contribution in [0.4, 0.5) is 0 Å². The number of aliphatic hydroxyl groups is 2. The summed E-state index contributed by atoms with van der Waals surface area (Å²) in [6.07, 6.45) is 104. The Labute approximate surface area is 571 Å². The molecule has 0 radical (unpaired) electrons. The van der Waals surface area contributed by atoms with E-state index in [1.54, 1.807) is 0 Å². The maximum Gasteiger partial charge on any atom is 0.305 e. The number of carbonyl (C=O) groups excluding carboxylic acids is 2. The summed E-state index contributed by atoms with van der Waals surface area (Å²) in [6, 6.07) is -0.541. The Morgan fingerprint density at radius 1 is 0.308 bits per heavy atom. The maximum atomic E-state index is 12.6. The predicted molar refractivity (Wildman–Crippen MR) is 403 cm³/mol. The van der Waals surface area contributed by atoms with Crippen LogP contribution in [0.5, 0.6) is 0 Å². The van der Waals surface area contributed by atoms with Gasteiger partial charge in [-0.15, -0.1) is 0 Å². The van der Waals surface area contributed by atoms with Crippen molar-refractivity contribution in [2.75, 3.05) is 13.2 Å². The van der Waals surface area contributed by atoms with Crippen molar-refractivity contribution >= 4 is 11.9 Å². The molecule has 0 aliphatic rings. The van der Waals surface area contributed by atoms with Gasteiger partial charge in [-0.3, -0.25) is 9.59 Å². The molecule has 540 valence electrons. The van der Waals surface area contributed by atoms with E-state index in [-0.39, 0.29) is 18.5 Å². The van der Waals surface area contributed by atoms with Crippen LogP contribution in [0.2, 0.25) is 0 Å². The molecule has 0 heterocycles. The number of nitrogens with one attached hydrogen (secondary N) is 1. The number of unbranched alkanes of at least 4 members (excludes halogenated alkanes) is 65. The van der Waals surface area contributed by atoms with Gasteiger partial charge < -0.3 is 20.3 Å². The van der Waals surface area contributed by atoms with Gasteiger partial charge in [0.25, 0.3) is 0 Å². The highest BCUT2D eigenvalue weighted by Gasteiger charge is 2.20. The molecule has 0 fully saturated rings. The van der Waals surface area contributed by atoms with Gasteiger partial charge in [0.05, 0.1) is 25.4 Å². The molecule has 0 aromatic rings. The van der Waals surface area contributed by atoms with Crippen molar-refractivity contribution in [3.05, 3.63) is 24.3 Å². The summed E-state index contributed by atoms with van der Waals surface area (Å²) in [5.41, 5.74) is 0. The minimum Gasteiger partial charge on any atom is -0.466 e. The Morgan fingerprint density at radius 2 is 0.549 bits per heavy atom. The van der Waals surface area contributed by atoms with Gasteiger partial charge in [0.1, 0.15) is 0 Å². The molecule has 6 nitrogen and oxygen atoms in total. The van der Waals surface area contributed by atoms with Crippen molar-refractivity contribution < 1.29 is 24.5 Å². The zero-order chi connectivity index (χ0) is 65.6. The third-order valence-electron chi connectivity index (χ3n) is 20.0. The van der Waals surface area contributed by atoms with Crippen molar-refractivity contribution in [1.82, 2.24) is 5.32 Å². The molecular weight excluding hydrogens is 1110 g/mol. The van der Waals surface area contributed by atoms with Gasteiger partial charge in [-0.2, -0.15) is 0 Å². The molecule has 1 amide bonds. The molecular formula is C85H165NO5. The molecule has 0 aliphatic carbocycles. The van der Waals surface area contributed by atoms with Crippen LogP contribution >= 0.6 is 0 Å². The van der Waals surface area contributed by atoms with Gasteiger partial charge >= 0.3 is 5.97 Å². The second-order valence-corrected chi connectivity index (χ2v) is 29.2. The fourth-order valence-electron chi connectivity index (χ4n) is 13.6. The Kier molecular flexibility index (Phi) is 79.3. The fraction of sp³-hybridized carbons (Fsp3) is 0.929. The van der Waals surface area contributed by atoms with Crippen LogP contribution in [0.25, 0.3) is 0 Å². The van der Waals surface area contributed by atoms with E-state index in [1.807, 2.05) is 0 Å². The average Bonchev–Trinajstić information content (AvgIpc) is 3.75. The van der Waals surface area contributed by atoms with Gasteiger partial charge in [0.2, 0.25) is 5.91 Å². The Bertz CT molecular complexity index is 1430. The van der Waals surface area contributed by atoms with Crippen LogP contribution in [0.15, 0.2) is 24.3 Å². The molecule has 0 aliphatic heterocycles. The van der Waals surface area contributed by atoms with E-state index in [0.717, 1.165) is 44.9 Å². The first-order valence-electron chi connectivity index (χ1n) is 42.1. The second-order valence-electron chi connectivity index (χ2n) is 29.2. The monoisotopic (exact) mass is 1280 g/mol. The number of rotatable bonds is 80. The SMILES string of the molecule is CCCCCCCCCCCCCCCCCCCCCCCCC(O)C(CO)NC(=O)CCCCCCCCCCCCCCCCCCC/C=C\C/C=C\CCCCCCCCCCCCCOC(=O)CCCCCCCCCCCCCCCCCCC. The summed E-state index contributed by atoms with van der Waals surface area (Å²) in [6.45, 7) is 5.02. The van der Waals surface area contributed by atoms with Crippen LogP contribution in [-0.4, -0.2) is 47.4 Å². The van der Waals surface area contributed by atoms with E-state index in [9.17, 15) is 19.8 Å². The lowest BCUT2D eigenvalue weighted by atomic mass is 10.0. The van der Waals surface area contributed by atoms with Crippen molar-refractivity contribution in [1.29, 1.82) is 0 Å². The highest BCUT2D eigenvalue weighted by Crippen LogP contribution is 2.21. The molecule has 2 atom stereocenters. The lowest BCUT2D eigenvalue weighted by Crippen LogP contribution is -2.45. The summed E-state index contributed by atoms with van der Waals surface area (Å²) in [5, 5.41) is 23.5. The topological polar surface area (TPSA) is 95.9 Å². The number of allylic oxidation sites excluding steroid dienone is 4. The van der Waals surface area contributed by atoms with Crippen molar-refractivity contribution in [3.8, 4) is 0 Å². The third kappa shape index (κ3) is 77.2. The van der Waals surface area contributed by atoms with E-state index in [1.165, 1.54) is 405 Å². The van der Waals surface area contributed by atoms with Gasteiger partial charge in [-0.1, -0.05) is 436 Å². The standard InChI is InChI=1S/C85H165NO5/c1-3-5-7-9-11-13-15-17-19-21-22-23-39-42-46-49-53-57-61-65-69-73-77-83(88)82(81-87)86-84(89)78-74-70-66-62-58-54-50-47-43-40-37-35-33-31-29-27-25-24-26-28-30-32-34-36-38-41-44-48-52-56-60-64-68-72-76-80-91-85(90)79-75-71-67-63-59-55-51-45-20-18-16-14-12-10-8-6-4-2/h26,28,32,34,82-83,87-88H,3-25,27,29-31,33,35-81H2,1-2H3,(H,86,89)/b28-26-,34-32-. The van der Waals surface area contributed by atoms with Crippen LogP contribution in [-0.2, 0) is 14.3 Å². The summed E-state index contributed by atoms with van der Waals surface area (Å²) in [7, 11) is 0. The molecule has 3 N–H and O–H groups in total. The predicted octanol–water partition coefficient (Wildman–Crippen LogP) is 28.0. The lowest BCUT2D eigenvalue weighted by Gasteiger charge is -2.22. The third-order valence-corrected chi connectivity index (χ3v) is 20.0. The molecule has 0 saturated carbocycles. The molecule has 6 heteroatoms. The second kappa shape index (κ2) is 80.8. The van der Waals surface area contributed by atoms with Gasteiger partial charge in [-0.25, -0.2) is 0 Å². The van der Waals surface area contributed by atoms with E-state index in [0.29, 0.717) is 25.9 Å². The summed E-state index contributed by atoms with van der Waals surface area (Å²) in [5.74, 6) is -0.00490. The van der Waals surface area contributed by atoms with E-state index < -0.39 is 12.1 Å². The van der Waals surface area contributed by atoms with E-state index in [4.69, 9.17) is 4.74 Å². The number of ether oxygens (including phenoxy) is 1. The van der Waals surface area contributed by atoms with E-state index >= 15 is 0 Å². The lowest BCUT2D eigenvalue weighted by molar-refractivity contribution is -0.143. The van der Waals surface area contributed by atoms with Gasteiger partial charge in [-0.05, 0) is 57.8 Å². The molecule has 0 bridgehead atoms. The first-order chi connectivity index (χ1) is 45.0. The average molecular weight is 1280 g/mol. The van der Waals surface area contributed by atoms with E-state index in [2.05, 4.69) is 43.5 Å². The number of amides is 1. The quantitative estimate of drug-likeness (QED) is 0.0320. The highest BCUT2D eigenvalue weighted by molar-refractivity contribution is 5.76. The van der Waals surface area contributed by atoms with Crippen LogP contribution in [0.1, 0.15) is 483 Å². The normalized spacial score (nSPS) is 12.5. The molecule has 2 unspecified atom stereocenters. The molecule has 0 saturated heterocycles. The first kappa shape index (κ1) is 89.3. The largest absolute Gasteiger partial charge is 0.466 e. The van der Waals surface area contributed by atoms with Crippen LogP contribution < -0.4 is 5.32 Å². The fourth-order valence-corrected chi connectivity index (χ4v) is 13.6. The number of esters is 1.